The van der Waals surface area contributed by atoms with Crippen LogP contribution in [0.1, 0.15) is 46.4 Å². The highest BCUT2D eigenvalue weighted by atomic mass is 79.9. The molecule has 0 fully saturated rings. The monoisotopic (exact) mass is 452 g/mol. The van der Waals surface area contributed by atoms with Gasteiger partial charge in [0.05, 0.1) is 0 Å². The Morgan fingerprint density at radius 3 is 2.30 bits per heavy atom. The van der Waals surface area contributed by atoms with Crippen molar-refractivity contribution in [1.82, 2.24) is 4.72 Å². The van der Waals surface area contributed by atoms with Crippen molar-refractivity contribution in [2.75, 3.05) is 5.32 Å². The van der Waals surface area contributed by atoms with Gasteiger partial charge in [-0.3, -0.25) is 0 Å². The van der Waals surface area contributed by atoms with E-state index in [2.05, 4.69) is 32.0 Å². The summed E-state index contributed by atoms with van der Waals surface area (Å²) in [5.74, 6) is 0.506. The van der Waals surface area contributed by atoms with Gasteiger partial charge < -0.3 is 9.73 Å². The first-order chi connectivity index (χ1) is 12.9. The van der Waals surface area contributed by atoms with Crippen LogP contribution in [0.4, 0.5) is 10.5 Å². The summed E-state index contributed by atoms with van der Waals surface area (Å²) in [4.78, 5) is 12.5. The van der Waals surface area contributed by atoms with Crippen molar-refractivity contribution in [2.24, 2.45) is 0 Å². The lowest BCUT2D eigenvalue weighted by atomic mass is 9.99. The van der Waals surface area contributed by atoms with Crippen LogP contribution in [0.15, 0.2) is 21.6 Å². The number of alkyl halides is 1. The molecule has 2 aliphatic rings. The minimum absolute atomic E-state index is 0.256. The number of halogens is 1. The zero-order chi connectivity index (χ0) is 19.2. The maximum atomic E-state index is 12.5. The first-order valence-electron chi connectivity index (χ1n) is 9.04. The van der Waals surface area contributed by atoms with Gasteiger partial charge in [-0.05, 0) is 67.7 Å². The van der Waals surface area contributed by atoms with Crippen molar-refractivity contribution in [2.45, 2.75) is 55.9 Å². The van der Waals surface area contributed by atoms with Crippen LogP contribution in [-0.4, -0.2) is 14.4 Å². The molecular weight excluding hydrogens is 432 g/mol. The maximum Gasteiger partial charge on any atom is 0.333 e. The summed E-state index contributed by atoms with van der Waals surface area (Å²) in [5.41, 5.74) is 6.39. The van der Waals surface area contributed by atoms with Crippen LogP contribution in [0.3, 0.4) is 0 Å². The van der Waals surface area contributed by atoms with Crippen molar-refractivity contribution < 1.29 is 17.6 Å². The number of hydrogen-bond donors (Lipinski definition) is 2. The Hall–Kier alpha value is -1.80. The maximum absolute atomic E-state index is 12.5. The predicted octanol–water partition coefficient (Wildman–Crippen LogP) is 3.97. The van der Waals surface area contributed by atoms with E-state index in [9.17, 15) is 13.2 Å². The molecular formula is C19H21BrN2O4S. The van der Waals surface area contributed by atoms with E-state index in [1.807, 2.05) is 0 Å². The van der Waals surface area contributed by atoms with Gasteiger partial charge in [0.2, 0.25) is 5.09 Å². The smallest absolute Gasteiger partial charge is 0.333 e. The van der Waals surface area contributed by atoms with Gasteiger partial charge in [-0.25, -0.2) is 9.52 Å². The molecule has 0 aliphatic heterocycles. The summed E-state index contributed by atoms with van der Waals surface area (Å²) in [5, 5.41) is 3.05. The first-order valence-corrected chi connectivity index (χ1v) is 11.6. The van der Waals surface area contributed by atoms with Crippen molar-refractivity contribution in [3.8, 4) is 0 Å². The van der Waals surface area contributed by atoms with E-state index in [4.69, 9.17) is 4.42 Å². The zero-order valence-electron chi connectivity index (χ0n) is 15.0. The molecule has 144 valence electrons. The number of nitrogens with one attached hydrogen (secondary N) is 2. The van der Waals surface area contributed by atoms with Gasteiger partial charge in [0, 0.05) is 22.6 Å². The fraction of sp³-hybridized carbons (Fsp3) is 0.421. The second kappa shape index (κ2) is 6.98. The number of rotatable bonds is 4. The highest BCUT2D eigenvalue weighted by Gasteiger charge is 2.27. The fourth-order valence-corrected chi connectivity index (χ4v) is 5.52. The zero-order valence-corrected chi connectivity index (χ0v) is 17.4. The average Bonchev–Trinajstić information content (AvgIpc) is 3.32. The quantitative estimate of drug-likeness (QED) is 0.686. The summed E-state index contributed by atoms with van der Waals surface area (Å²) < 4.78 is 32.4. The van der Waals surface area contributed by atoms with Crippen molar-refractivity contribution >= 4 is 37.7 Å². The Morgan fingerprint density at radius 1 is 1.11 bits per heavy atom. The van der Waals surface area contributed by atoms with Crippen LogP contribution in [0.2, 0.25) is 0 Å². The Balaban J connectivity index is 1.58. The Kier molecular flexibility index (Phi) is 4.80. The SMILES string of the molecule is Cc1oc(S(=O)(=O)NC(=O)Nc2c3c(cc4c2CCC4)CCC3)cc1CBr. The third-order valence-electron chi connectivity index (χ3n) is 5.35. The van der Waals surface area contributed by atoms with Crippen LogP contribution in [-0.2, 0) is 41.0 Å². The number of aryl methyl sites for hydroxylation is 3. The van der Waals surface area contributed by atoms with Crippen molar-refractivity contribution in [1.29, 1.82) is 0 Å². The van der Waals surface area contributed by atoms with Gasteiger partial charge in [-0.1, -0.05) is 22.0 Å². The molecule has 2 aliphatic carbocycles. The molecule has 0 saturated carbocycles. The van der Waals surface area contributed by atoms with Crippen LogP contribution in [0.25, 0.3) is 0 Å². The third-order valence-corrected chi connectivity index (χ3v) is 7.13. The minimum Gasteiger partial charge on any atom is -0.448 e. The molecule has 0 saturated heterocycles. The van der Waals surface area contributed by atoms with Gasteiger partial charge in [0.15, 0.2) is 0 Å². The molecule has 8 heteroatoms. The van der Waals surface area contributed by atoms with Crippen LogP contribution < -0.4 is 10.0 Å². The molecule has 0 unspecified atom stereocenters. The molecule has 0 atom stereocenters. The first kappa shape index (κ1) is 18.6. The molecule has 0 spiro atoms. The predicted molar refractivity (Wildman–Crippen MR) is 106 cm³/mol. The van der Waals surface area contributed by atoms with Gasteiger partial charge in [0.25, 0.3) is 10.0 Å². The van der Waals surface area contributed by atoms with Crippen molar-refractivity contribution in [3.63, 3.8) is 0 Å². The molecule has 6 nitrogen and oxygen atoms in total. The van der Waals surface area contributed by atoms with Crippen molar-refractivity contribution in [3.05, 3.63) is 45.7 Å². The van der Waals surface area contributed by atoms with E-state index in [1.165, 1.54) is 17.2 Å². The van der Waals surface area contributed by atoms with E-state index in [1.54, 1.807) is 6.92 Å². The number of amides is 2. The highest BCUT2D eigenvalue weighted by Crippen LogP contribution is 2.38. The van der Waals surface area contributed by atoms with Gasteiger partial charge >= 0.3 is 6.03 Å². The lowest BCUT2D eigenvalue weighted by Crippen LogP contribution is -2.34. The molecule has 4 rings (SSSR count). The van der Waals surface area contributed by atoms with Gasteiger partial charge in [-0.15, -0.1) is 0 Å². The van der Waals surface area contributed by atoms with Gasteiger partial charge in [0.1, 0.15) is 5.76 Å². The topological polar surface area (TPSA) is 88.4 Å². The summed E-state index contributed by atoms with van der Waals surface area (Å²) in [6.07, 6.45) is 5.98. The molecule has 2 aromatic rings. The second-order valence-corrected chi connectivity index (χ2v) is 9.25. The van der Waals surface area contributed by atoms with E-state index in [-0.39, 0.29) is 5.09 Å². The molecule has 2 N–H and O–H groups in total. The molecule has 0 radical (unpaired) electrons. The summed E-state index contributed by atoms with van der Waals surface area (Å²) in [6, 6.07) is 2.94. The average molecular weight is 453 g/mol. The largest absolute Gasteiger partial charge is 0.448 e. The number of carbonyl (C=O) groups is 1. The summed E-state index contributed by atoms with van der Waals surface area (Å²) >= 11 is 3.29. The number of urea groups is 1. The van der Waals surface area contributed by atoms with E-state index in [0.717, 1.165) is 60.9 Å². The van der Waals surface area contributed by atoms with E-state index >= 15 is 0 Å². The summed E-state index contributed by atoms with van der Waals surface area (Å²) in [6.45, 7) is 1.69. The van der Waals surface area contributed by atoms with E-state index in [0.29, 0.717) is 11.1 Å². The number of anilines is 1. The Bertz CT molecular complexity index is 995. The molecule has 1 heterocycles. The fourth-order valence-electron chi connectivity index (χ4n) is 4.03. The van der Waals surface area contributed by atoms with Crippen LogP contribution >= 0.6 is 15.9 Å². The van der Waals surface area contributed by atoms with Gasteiger partial charge in [-0.2, -0.15) is 8.42 Å². The standard InChI is InChI=1S/C19H21BrN2O4S/c1-11-14(10-20)9-17(26-11)27(24,25)22-19(23)21-18-15-6-2-4-12(15)8-13-5-3-7-16(13)18/h8-9H,2-7,10H2,1H3,(H2,21,22,23). The summed E-state index contributed by atoms with van der Waals surface area (Å²) in [7, 11) is -4.07. The molecule has 1 aromatic carbocycles. The highest BCUT2D eigenvalue weighted by molar-refractivity contribution is 9.08. The second-order valence-electron chi connectivity index (χ2n) is 7.07. The number of sulfonamides is 1. The number of benzene rings is 1. The van der Waals surface area contributed by atoms with Crippen LogP contribution in [0.5, 0.6) is 0 Å². The Labute approximate surface area is 166 Å². The number of fused-ring (bicyclic) bond motifs is 2. The van der Waals surface area contributed by atoms with E-state index < -0.39 is 16.1 Å². The number of furan rings is 1. The number of hydrogen-bond acceptors (Lipinski definition) is 4. The normalized spacial score (nSPS) is 15.5. The van der Waals surface area contributed by atoms with Crippen LogP contribution in [0, 0.1) is 6.92 Å². The molecule has 2 amide bonds. The molecule has 0 bridgehead atoms. The Morgan fingerprint density at radius 2 is 1.74 bits per heavy atom. The lowest BCUT2D eigenvalue weighted by Gasteiger charge is -2.16. The lowest BCUT2D eigenvalue weighted by molar-refractivity contribution is 0.256. The number of carbonyl (C=O) groups excluding carboxylic acids is 1. The molecule has 1 aromatic heterocycles. The molecule has 27 heavy (non-hydrogen) atoms. The minimum atomic E-state index is -4.07. The third kappa shape index (κ3) is 3.40.